The van der Waals surface area contributed by atoms with Crippen LogP contribution in [0.3, 0.4) is 0 Å². The van der Waals surface area contributed by atoms with Crippen LogP contribution in [0.4, 0.5) is 0 Å². The molecule has 1 aliphatic rings. The number of aromatic nitrogens is 2. The average molecular weight is 452 g/mol. The molecule has 0 bridgehead atoms. The molecule has 0 amide bonds. The molecule has 5 heteroatoms. The molecule has 5 rings (SSSR count). The van der Waals surface area contributed by atoms with Crippen molar-refractivity contribution in [2.75, 3.05) is 19.7 Å². The van der Waals surface area contributed by atoms with E-state index in [-0.39, 0.29) is 12.0 Å². The normalized spacial score (nSPS) is 18.4. The maximum absolute atomic E-state index is 6.38. The molecule has 0 saturated carbocycles. The minimum absolute atomic E-state index is 0.0735. The van der Waals surface area contributed by atoms with Gasteiger partial charge in [0.05, 0.1) is 12.7 Å². The Bertz CT molecular complexity index is 1230. The van der Waals surface area contributed by atoms with Crippen molar-refractivity contribution in [2.45, 2.75) is 25.0 Å². The quantitative estimate of drug-likeness (QED) is 0.390. The van der Waals surface area contributed by atoms with Crippen LogP contribution < -0.4 is 10.1 Å². The zero-order chi connectivity index (χ0) is 23.0. The second-order valence-corrected chi connectivity index (χ2v) is 8.55. The lowest BCUT2D eigenvalue weighted by atomic mass is 9.89. The fourth-order valence-corrected chi connectivity index (χ4v) is 4.38. The largest absolute Gasteiger partial charge is 0.459 e. The molecule has 1 N–H and O–H groups in total. The van der Waals surface area contributed by atoms with Gasteiger partial charge in [-0.25, -0.2) is 9.97 Å². The topological polar surface area (TPSA) is 56.3 Å². The van der Waals surface area contributed by atoms with Crippen molar-refractivity contribution in [1.82, 2.24) is 15.3 Å². The third-order valence-electron chi connectivity index (χ3n) is 6.20. The summed E-state index contributed by atoms with van der Waals surface area (Å²) < 4.78 is 12.1. The number of hydrogen-bond acceptors (Lipinski definition) is 5. The van der Waals surface area contributed by atoms with Gasteiger partial charge in [0.15, 0.2) is 0 Å². The van der Waals surface area contributed by atoms with Crippen LogP contribution in [0.25, 0.3) is 16.8 Å². The smallest absolute Gasteiger partial charge is 0.316 e. The number of nitrogens with one attached hydrogen (secondary N) is 1. The third-order valence-corrected chi connectivity index (χ3v) is 6.20. The zero-order valence-electron chi connectivity index (χ0n) is 19.1. The van der Waals surface area contributed by atoms with Crippen LogP contribution in [0, 0.1) is 0 Å². The van der Waals surface area contributed by atoms with Gasteiger partial charge in [-0.1, -0.05) is 72.8 Å². The second kappa shape index (κ2) is 11.1. The first-order valence-electron chi connectivity index (χ1n) is 11.8. The highest BCUT2D eigenvalue weighted by atomic mass is 16.5. The second-order valence-electron chi connectivity index (χ2n) is 8.55. The summed E-state index contributed by atoms with van der Waals surface area (Å²) in [6.45, 7) is 2.80. The van der Waals surface area contributed by atoms with Crippen molar-refractivity contribution in [3.05, 3.63) is 108 Å². The molecule has 1 aromatic heterocycles. The minimum Gasteiger partial charge on any atom is -0.459 e. The van der Waals surface area contributed by atoms with Gasteiger partial charge in [0.1, 0.15) is 6.61 Å². The predicted octanol–water partition coefficient (Wildman–Crippen LogP) is 5.38. The number of rotatable bonds is 8. The maximum Gasteiger partial charge on any atom is 0.316 e. The van der Waals surface area contributed by atoms with E-state index in [0.717, 1.165) is 30.6 Å². The van der Waals surface area contributed by atoms with E-state index >= 15 is 0 Å². The molecule has 1 saturated heterocycles. The van der Waals surface area contributed by atoms with E-state index in [2.05, 4.69) is 69.9 Å². The van der Waals surface area contributed by atoms with Crippen LogP contribution in [-0.4, -0.2) is 35.8 Å². The van der Waals surface area contributed by atoms with E-state index < -0.39 is 0 Å². The van der Waals surface area contributed by atoms with Crippen molar-refractivity contribution in [2.24, 2.45) is 0 Å². The first-order chi connectivity index (χ1) is 16.8. The van der Waals surface area contributed by atoms with Gasteiger partial charge in [-0.05, 0) is 52.6 Å². The van der Waals surface area contributed by atoms with Gasteiger partial charge in [0.25, 0.3) is 0 Å². The lowest BCUT2D eigenvalue weighted by molar-refractivity contribution is 0.0105. The summed E-state index contributed by atoms with van der Waals surface area (Å²) in [6.07, 6.45) is 8.82. The summed E-state index contributed by atoms with van der Waals surface area (Å²) in [5.74, 6) is 0.258. The van der Waals surface area contributed by atoms with Crippen LogP contribution in [-0.2, 0) is 11.3 Å². The Morgan fingerprint density at radius 3 is 2.56 bits per heavy atom. The molecule has 34 heavy (non-hydrogen) atoms. The molecule has 172 valence electrons. The molecule has 2 unspecified atom stereocenters. The molecule has 2 heterocycles. The van der Waals surface area contributed by atoms with Crippen molar-refractivity contribution < 1.29 is 9.47 Å². The van der Waals surface area contributed by atoms with Gasteiger partial charge in [0, 0.05) is 24.9 Å². The number of fused-ring (bicyclic) bond motifs is 1. The fraction of sp³-hybridized carbons (Fsp3) is 0.241. The zero-order valence-corrected chi connectivity index (χ0v) is 19.1. The molecule has 3 aromatic carbocycles. The van der Waals surface area contributed by atoms with Gasteiger partial charge in [-0.2, -0.15) is 0 Å². The van der Waals surface area contributed by atoms with Gasteiger partial charge < -0.3 is 14.8 Å². The number of benzene rings is 3. The minimum atomic E-state index is 0.0735. The molecule has 2 atom stereocenters. The Balaban J connectivity index is 1.18. The molecular formula is C29H29N3O2. The molecule has 1 aliphatic heterocycles. The van der Waals surface area contributed by atoms with Crippen LogP contribution in [0.2, 0.25) is 0 Å². The van der Waals surface area contributed by atoms with Gasteiger partial charge in [-0.15, -0.1) is 0 Å². The number of nitrogens with zero attached hydrogens (tertiary/aromatic N) is 2. The Labute approximate surface area is 200 Å². The Hall–Kier alpha value is -3.54. The first-order valence-corrected chi connectivity index (χ1v) is 11.8. The molecule has 1 fully saturated rings. The summed E-state index contributed by atoms with van der Waals surface area (Å²) >= 11 is 0. The van der Waals surface area contributed by atoms with E-state index in [4.69, 9.17) is 9.47 Å². The van der Waals surface area contributed by atoms with Gasteiger partial charge >= 0.3 is 6.01 Å². The van der Waals surface area contributed by atoms with Gasteiger partial charge in [0.2, 0.25) is 0 Å². The summed E-state index contributed by atoms with van der Waals surface area (Å²) in [5, 5.41) is 5.95. The Morgan fingerprint density at radius 1 is 0.912 bits per heavy atom. The van der Waals surface area contributed by atoms with Crippen molar-refractivity contribution >= 4 is 16.8 Å². The third kappa shape index (κ3) is 5.68. The highest BCUT2D eigenvalue weighted by molar-refractivity contribution is 5.82. The molecule has 5 nitrogen and oxygen atoms in total. The van der Waals surface area contributed by atoms with E-state index in [1.807, 2.05) is 42.7 Å². The highest BCUT2D eigenvalue weighted by Gasteiger charge is 2.28. The summed E-state index contributed by atoms with van der Waals surface area (Å²) in [7, 11) is 0. The fourth-order valence-electron chi connectivity index (χ4n) is 4.38. The maximum atomic E-state index is 6.38. The van der Waals surface area contributed by atoms with Crippen LogP contribution in [0.5, 0.6) is 6.01 Å². The number of hydrogen-bond donors (Lipinski definition) is 1. The van der Waals surface area contributed by atoms with Crippen LogP contribution in [0.1, 0.15) is 29.0 Å². The molecule has 0 radical (unpaired) electrons. The van der Waals surface area contributed by atoms with Crippen molar-refractivity contribution in [3.8, 4) is 6.01 Å². The van der Waals surface area contributed by atoms with Crippen molar-refractivity contribution in [1.29, 1.82) is 0 Å². The Kier molecular flexibility index (Phi) is 7.24. The van der Waals surface area contributed by atoms with E-state index in [9.17, 15) is 0 Å². The highest BCUT2D eigenvalue weighted by Crippen LogP contribution is 2.28. The monoisotopic (exact) mass is 451 g/mol. The molecular weight excluding hydrogens is 422 g/mol. The molecule has 4 aromatic rings. The van der Waals surface area contributed by atoms with Gasteiger partial charge in [-0.3, -0.25) is 0 Å². The predicted molar refractivity (Wildman–Crippen MR) is 136 cm³/mol. The number of ether oxygens (including phenoxy) is 2. The lowest BCUT2D eigenvalue weighted by Gasteiger charge is -2.32. The van der Waals surface area contributed by atoms with E-state index in [1.54, 1.807) is 0 Å². The van der Waals surface area contributed by atoms with Crippen LogP contribution in [0.15, 0.2) is 91.3 Å². The van der Waals surface area contributed by atoms with Crippen molar-refractivity contribution in [3.63, 3.8) is 0 Å². The average Bonchev–Trinajstić information content (AvgIpc) is 2.91. The standard InChI is InChI=1S/C29H29N3O2/c1-2-7-22(8-3-1)9-6-16-33-29-31-18-26(19-32-29)27-14-15-30-20-28(27)34-21-23-12-13-24-10-4-5-11-25(24)17-23/h1-13,17-19,27-28,30H,14-16,20-21H2. The SMILES string of the molecule is C(=Cc1ccccc1)COc1ncc(C2CCNCC2OCc2ccc3ccccc3c2)cn1. The van der Waals surface area contributed by atoms with Crippen LogP contribution >= 0.6 is 0 Å². The molecule has 0 spiro atoms. The van der Waals surface area contributed by atoms with E-state index in [0.29, 0.717) is 19.2 Å². The number of piperidine rings is 1. The first kappa shape index (κ1) is 22.3. The Morgan fingerprint density at radius 2 is 1.71 bits per heavy atom. The molecule has 0 aliphatic carbocycles. The van der Waals surface area contributed by atoms with E-state index in [1.165, 1.54) is 16.3 Å². The lowest BCUT2D eigenvalue weighted by Crippen LogP contribution is -2.41. The summed E-state index contributed by atoms with van der Waals surface area (Å²) in [6, 6.07) is 25.5. The summed E-state index contributed by atoms with van der Waals surface area (Å²) in [5.41, 5.74) is 3.42. The summed E-state index contributed by atoms with van der Waals surface area (Å²) in [4.78, 5) is 8.88.